The number of benzene rings is 1. The van der Waals surface area contributed by atoms with E-state index in [2.05, 4.69) is 10.3 Å². The van der Waals surface area contributed by atoms with Gasteiger partial charge in [0.05, 0.1) is 5.02 Å². The Labute approximate surface area is 109 Å². The number of aryl methyl sites for hydroxylation is 1. The minimum absolute atomic E-state index is 0.00856. The van der Waals surface area contributed by atoms with Crippen LogP contribution in [0, 0.1) is 6.92 Å². The molecule has 2 aromatic rings. The van der Waals surface area contributed by atoms with Crippen LogP contribution in [0.15, 0.2) is 41.3 Å². The van der Waals surface area contributed by atoms with Gasteiger partial charge in [-0.2, -0.15) is 0 Å². The second kappa shape index (κ2) is 5.06. The van der Waals surface area contributed by atoms with Crippen molar-refractivity contribution in [3.8, 4) is 0 Å². The molecule has 0 fully saturated rings. The Bertz CT molecular complexity index is 649. The van der Waals surface area contributed by atoms with Crippen molar-refractivity contribution in [2.45, 2.75) is 6.92 Å². The SMILES string of the molecule is Cc1ccccc1NC(=O)c1cc(Cl)c[nH]c1=O. The fourth-order valence-corrected chi connectivity index (χ4v) is 1.69. The number of carbonyl (C=O) groups excluding carboxylic acids is 1. The van der Waals surface area contributed by atoms with Gasteiger partial charge in [0, 0.05) is 11.9 Å². The van der Waals surface area contributed by atoms with Gasteiger partial charge in [0.25, 0.3) is 11.5 Å². The zero-order valence-electron chi connectivity index (χ0n) is 9.66. The van der Waals surface area contributed by atoms with Crippen LogP contribution in [0.3, 0.4) is 0 Å². The van der Waals surface area contributed by atoms with Crippen LogP contribution in [0.5, 0.6) is 0 Å². The minimum Gasteiger partial charge on any atom is -0.327 e. The summed E-state index contributed by atoms with van der Waals surface area (Å²) in [7, 11) is 0. The molecule has 92 valence electrons. The summed E-state index contributed by atoms with van der Waals surface area (Å²) in [6, 6.07) is 8.67. The van der Waals surface area contributed by atoms with Gasteiger partial charge in [-0.15, -0.1) is 0 Å². The van der Waals surface area contributed by atoms with E-state index in [9.17, 15) is 9.59 Å². The Morgan fingerprint density at radius 3 is 2.78 bits per heavy atom. The Kier molecular flexibility index (Phi) is 3.48. The molecule has 0 aliphatic rings. The molecule has 1 amide bonds. The monoisotopic (exact) mass is 262 g/mol. The lowest BCUT2D eigenvalue weighted by Crippen LogP contribution is -2.23. The first-order valence-corrected chi connectivity index (χ1v) is 5.71. The van der Waals surface area contributed by atoms with Crippen molar-refractivity contribution in [1.29, 1.82) is 0 Å². The maximum Gasteiger partial charge on any atom is 0.261 e. The van der Waals surface area contributed by atoms with Crippen LogP contribution in [-0.2, 0) is 0 Å². The normalized spacial score (nSPS) is 10.1. The molecule has 0 saturated carbocycles. The fourth-order valence-electron chi connectivity index (χ4n) is 1.53. The van der Waals surface area contributed by atoms with Crippen molar-refractivity contribution >= 4 is 23.2 Å². The maximum atomic E-state index is 11.9. The predicted octanol–water partition coefficient (Wildman–Crippen LogP) is 2.59. The highest BCUT2D eigenvalue weighted by Crippen LogP contribution is 2.14. The van der Waals surface area contributed by atoms with E-state index in [1.807, 2.05) is 25.1 Å². The highest BCUT2D eigenvalue weighted by molar-refractivity contribution is 6.30. The first kappa shape index (κ1) is 12.4. The van der Waals surface area contributed by atoms with E-state index in [-0.39, 0.29) is 5.56 Å². The van der Waals surface area contributed by atoms with E-state index >= 15 is 0 Å². The summed E-state index contributed by atoms with van der Waals surface area (Å²) in [6.07, 6.45) is 1.34. The highest BCUT2D eigenvalue weighted by atomic mass is 35.5. The average molecular weight is 263 g/mol. The number of amides is 1. The Morgan fingerprint density at radius 1 is 1.33 bits per heavy atom. The van der Waals surface area contributed by atoms with Gasteiger partial charge in [0.2, 0.25) is 0 Å². The Morgan fingerprint density at radius 2 is 2.06 bits per heavy atom. The van der Waals surface area contributed by atoms with Crippen molar-refractivity contribution in [2.75, 3.05) is 5.32 Å². The van der Waals surface area contributed by atoms with Crippen molar-refractivity contribution in [1.82, 2.24) is 4.98 Å². The topological polar surface area (TPSA) is 62.0 Å². The molecule has 2 rings (SSSR count). The first-order valence-electron chi connectivity index (χ1n) is 5.33. The van der Waals surface area contributed by atoms with E-state index in [1.54, 1.807) is 6.07 Å². The zero-order valence-corrected chi connectivity index (χ0v) is 10.4. The molecule has 0 bridgehead atoms. The molecule has 2 N–H and O–H groups in total. The summed E-state index contributed by atoms with van der Waals surface area (Å²) < 4.78 is 0. The van der Waals surface area contributed by atoms with E-state index in [1.165, 1.54) is 12.3 Å². The number of aromatic nitrogens is 1. The smallest absolute Gasteiger partial charge is 0.261 e. The number of hydrogen-bond acceptors (Lipinski definition) is 2. The van der Waals surface area contributed by atoms with Crippen molar-refractivity contribution < 1.29 is 4.79 Å². The second-order valence-electron chi connectivity index (χ2n) is 3.83. The van der Waals surface area contributed by atoms with Crippen LogP contribution in [0.4, 0.5) is 5.69 Å². The molecule has 5 heteroatoms. The number of halogens is 1. The third kappa shape index (κ3) is 2.60. The van der Waals surface area contributed by atoms with Crippen LogP contribution < -0.4 is 10.9 Å². The predicted molar refractivity (Wildman–Crippen MR) is 71.2 cm³/mol. The largest absolute Gasteiger partial charge is 0.327 e. The fraction of sp³-hybridized carbons (Fsp3) is 0.0769. The van der Waals surface area contributed by atoms with Crippen LogP contribution in [0.25, 0.3) is 0 Å². The van der Waals surface area contributed by atoms with E-state index < -0.39 is 11.5 Å². The summed E-state index contributed by atoms with van der Waals surface area (Å²) in [6.45, 7) is 1.87. The van der Waals surface area contributed by atoms with Gasteiger partial charge in [-0.3, -0.25) is 9.59 Å². The second-order valence-corrected chi connectivity index (χ2v) is 4.27. The molecule has 1 aromatic carbocycles. The summed E-state index contributed by atoms with van der Waals surface area (Å²) >= 11 is 5.75. The Hall–Kier alpha value is -2.07. The number of aromatic amines is 1. The molecule has 0 atom stereocenters. The van der Waals surface area contributed by atoms with Crippen LogP contribution in [0.2, 0.25) is 5.02 Å². The van der Waals surface area contributed by atoms with Crippen molar-refractivity contribution in [3.05, 3.63) is 63.0 Å². The maximum absolute atomic E-state index is 11.9. The van der Waals surface area contributed by atoms with Gasteiger partial charge >= 0.3 is 0 Å². The number of carbonyl (C=O) groups is 1. The van der Waals surface area contributed by atoms with Gasteiger partial charge in [0.1, 0.15) is 5.56 Å². The lowest BCUT2D eigenvalue weighted by Gasteiger charge is -2.07. The summed E-state index contributed by atoms with van der Waals surface area (Å²) in [5, 5.41) is 2.99. The lowest BCUT2D eigenvalue weighted by atomic mass is 10.2. The van der Waals surface area contributed by atoms with Gasteiger partial charge in [-0.1, -0.05) is 29.8 Å². The quantitative estimate of drug-likeness (QED) is 0.874. The molecule has 0 saturated heterocycles. The lowest BCUT2D eigenvalue weighted by molar-refractivity contribution is 0.102. The van der Waals surface area contributed by atoms with Gasteiger partial charge in [-0.25, -0.2) is 0 Å². The molecule has 1 heterocycles. The molecular formula is C13H11ClN2O2. The number of H-pyrrole nitrogens is 1. The standard InChI is InChI=1S/C13H11ClN2O2/c1-8-4-2-3-5-11(8)16-13(18)10-6-9(14)7-15-12(10)17/h2-7H,1H3,(H,15,17)(H,16,18). The zero-order chi connectivity index (χ0) is 13.1. The molecule has 0 radical (unpaired) electrons. The van der Waals surface area contributed by atoms with Crippen LogP contribution >= 0.6 is 11.6 Å². The first-order chi connectivity index (χ1) is 8.58. The number of rotatable bonds is 2. The molecular weight excluding hydrogens is 252 g/mol. The van der Waals surface area contributed by atoms with Gasteiger partial charge in [-0.05, 0) is 24.6 Å². The molecule has 4 nitrogen and oxygen atoms in total. The van der Waals surface area contributed by atoms with Gasteiger partial charge < -0.3 is 10.3 Å². The molecule has 0 unspecified atom stereocenters. The van der Waals surface area contributed by atoms with Crippen LogP contribution in [-0.4, -0.2) is 10.9 Å². The number of hydrogen-bond donors (Lipinski definition) is 2. The molecule has 18 heavy (non-hydrogen) atoms. The molecule has 0 spiro atoms. The number of para-hydroxylation sites is 1. The van der Waals surface area contributed by atoms with Crippen molar-refractivity contribution in [2.24, 2.45) is 0 Å². The number of pyridine rings is 1. The van der Waals surface area contributed by atoms with Gasteiger partial charge in [0.15, 0.2) is 0 Å². The average Bonchev–Trinajstić information content (AvgIpc) is 2.35. The van der Waals surface area contributed by atoms with Crippen molar-refractivity contribution in [3.63, 3.8) is 0 Å². The van der Waals surface area contributed by atoms with Crippen LogP contribution in [0.1, 0.15) is 15.9 Å². The summed E-state index contributed by atoms with van der Waals surface area (Å²) in [5.74, 6) is -0.479. The molecule has 0 aliphatic heterocycles. The Balaban J connectivity index is 2.31. The van der Waals surface area contributed by atoms with E-state index in [0.717, 1.165) is 5.56 Å². The third-order valence-electron chi connectivity index (χ3n) is 2.51. The summed E-state index contributed by atoms with van der Waals surface area (Å²) in [4.78, 5) is 25.9. The number of nitrogens with one attached hydrogen (secondary N) is 2. The number of anilines is 1. The minimum atomic E-state index is -0.479. The molecule has 1 aromatic heterocycles. The summed E-state index contributed by atoms with van der Waals surface area (Å²) in [5.41, 5.74) is 1.11. The molecule has 0 aliphatic carbocycles. The third-order valence-corrected chi connectivity index (χ3v) is 2.72. The van der Waals surface area contributed by atoms with E-state index in [0.29, 0.717) is 10.7 Å². The van der Waals surface area contributed by atoms with E-state index in [4.69, 9.17) is 11.6 Å². The highest BCUT2D eigenvalue weighted by Gasteiger charge is 2.12.